The van der Waals surface area contributed by atoms with E-state index < -0.39 is 17.0 Å². The fraction of sp³-hybridized carbons (Fsp3) is 0.462. The third kappa shape index (κ3) is 3.79. The van der Waals surface area contributed by atoms with E-state index >= 15 is 0 Å². The van der Waals surface area contributed by atoms with Crippen LogP contribution in [0.5, 0.6) is 0 Å². The summed E-state index contributed by atoms with van der Waals surface area (Å²) in [6.45, 7) is 5.73. The van der Waals surface area contributed by atoms with Gasteiger partial charge in [-0.3, -0.25) is 0 Å². The fourth-order valence-corrected chi connectivity index (χ4v) is 1.40. The molecular weight excluding hydrogens is 222 g/mol. The molecular formula is C13H16F2N2. The Morgan fingerprint density at radius 1 is 1.41 bits per heavy atom. The predicted molar refractivity (Wildman–Crippen MR) is 62.2 cm³/mol. The van der Waals surface area contributed by atoms with Crippen LogP contribution in [-0.4, -0.2) is 6.54 Å². The van der Waals surface area contributed by atoms with E-state index in [2.05, 4.69) is 11.4 Å². The molecule has 1 aromatic carbocycles. The Kier molecular flexibility index (Phi) is 4.19. The van der Waals surface area contributed by atoms with Crippen molar-refractivity contribution in [2.75, 3.05) is 6.54 Å². The van der Waals surface area contributed by atoms with Crippen LogP contribution in [0, 0.1) is 28.4 Å². The van der Waals surface area contributed by atoms with Gasteiger partial charge in [-0.2, -0.15) is 5.26 Å². The molecule has 92 valence electrons. The molecule has 1 unspecified atom stereocenters. The SMILES string of the molecule is CC(NCC(C)(C)C#N)c1cc(F)ccc1F. The molecule has 0 fully saturated rings. The molecule has 0 bridgehead atoms. The average molecular weight is 238 g/mol. The van der Waals surface area contributed by atoms with Crippen molar-refractivity contribution in [3.05, 3.63) is 35.4 Å². The topological polar surface area (TPSA) is 35.8 Å². The monoisotopic (exact) mass is 238 g/mol. The van der Waals surface area contributed by atoms with Crippen LogP contribution < -0.4 is 5.32 Å². The largest absolute Gasteiger partial charge is 0.309 e. The zero-order valence-electron chi connectivity index (χ0n) is 10.2. The fourth-order valence-electron chi connectivity index (χ4n) is 1.40. The van der Waals surface area contributed by atoms with Crippen LogP contribution in [0.1, 0.15) is 32.4 Å². The molecule has 1 rings (SSSR count). The van der Waals surface area contributed by atoms with Crippen molar-refractivity contribution in [3.63, 3.8) is 0 Å². The number of nitriles is 1. The summed E-state index contributed by atoms with van der Waals surface area (Å²) in [6, 6.07) is 5.18. The molecule has 0 aliphatic rings. The van der Waals surface area contributed by atoms with Crippen molar-refractivity contribution in [1.29, 1.82) is 5.26 Å². The maximum Gasteiger partial charge on any atom is 0.128 e. The Hall–Kier alpha value is -1.47. The molecule has 0 heterocycles. The van der Waals surface area contributed by atoms with Crippen molar-refractivity contribution in [2.24, 2.45) is 5.41 Å². The quantitative estimate of drug-likeness (QED) is 0.874. The number of halogens is 2. The smallest absolute Gasteiger partial charge is 0.128 e. The molecule has 0 aromatic heterocycles. The predicted octanol–water partition coefficient (Wildman–Crippen LogP) is 3.17. The standard InChI is InChI=1S/C13H16F2N2/c1-9(17-8-13(2,3)7-16)11-6-10(14)4-5-12(11)15/h4-6,9,17H,8H2,1-3H3. The highest BCUT2D eigenvalue weighted by Gasteiger charge is 2.19. The summed E-state index contributed by atoms with van der Waals surface area (Å²) >= 11 is 0. The number of hydrogen-bond donors (Lipinski definition) is 1. The van der Waals surface area contributed by atoms with Crippen LogP contribution in [0.15, 0.2) is 18.2 Å². The van der Waals surface area contributed by atoms with Gasteiger partial charge in [-0.05, 0) is 39.0 Å². The summed E-state index contributed by atoms with van der Waals surface area (Å²) in [7, 11) is 0. The van der Waals surface area contributed by atoms with Crippen LogP contribution >= 0.6 is 0 Å². The molecule has 0 aliphatic carbocycles. The second-order valence-electron chi connectivity index (χ2n) is 4.76. The van der Waals surface area contributed by atoms with Gasteiger partial charge in [0.05, 0.1) is 11.5 Å². The van der Waals surface area contributed by atoms with Gasteiger partial charge in [0, 0.05) is 18.2 Å². The van der Waals surface area contributed by atoms with Crippen LogP contribution in [0.4, 0.5) is 8.78 Å². The van der Waals surface area contributed by atoms with Gasteiger partial charge in [-0.25, -0.2) is 8.78 Å². The average Bonchev–Trinajstić information content (AvgIpc) is 2.29. The molecule has 0 saturated carbocycles. The van der Waals surface area contributed by atoms with E-state index in [1.807, 2.05) is 0 Å². The number of nitrogens with zero attached hydrogens (tertiary/aromatic N) is 1. The number of benzene rings is 1. The summed E-state index contributed by atoms with van der Waals surface area (Å²) in [5, 5.41) is 11.9. The Bertz CT molecular complexity index is 436. The second kappa shape index (κ2) is 5.24. The van der Waals surface area contributed by atoms with Crippen molar-refractivity contribution < 1.29 is 8.78 Å². The van der Waals surface area contributed by atoms with Gasteiger partial charge in [0.15, 0.2) is 0 Å². The second-order valence-corrected chi connectivity index (χ2v) is 4.76. The molecule has 0 amide bonds. The lowest BCUT2D eigenvalue weighted by Crippen LogP contribution is -2.30. The zero-order chi connectivity index (χ0) is 13.1. The highest BCUT2D eigenvalue weighted by Crippen LogP contribution is 2.20. The summed E-state index contributed by atoms with van der Waals surface area (Å²) in [4.78, 5) is 0. The van der Waals surface area contributed by atoms with Crippen LogP contribution in [0.2, 0.25) is 0 Å². The highest BCUT2D eigenvalue weighted by molar-refractivity contribution is 5.21. The third-order valence-corrected chi connectivity index (χ3v) is 2.58. The van der Waals surface area contributed by atoms with Crippen molar-refractivity contribution in [2.45, 2.75) is 26.8 Å². The molecule has 1 aromatic rings. The minimum absolute atomic E-state index is 0.277. The molecule has 2 nitrogen and oxygen atoms in total. The summed E-state index contributed by atoms with van der Waals surface area (Å²) < 4.78 is 26.5. The first-order valence-corrected chi connectivity index (χ1v) is 5.45. The van der Waals surface area contributed by atoms with Crippen LogP contribution in [-0.2, 0) is 0 Å². The Labute approximate surface area is 100 Å². The molecule has 17 heavy (non-hydrogen) atoms. The first-order valence-electron chi connectivity index (χ1n) is 5.45. The summed E-state index contributed by atoms with van der Waals surface area (Å²) in [5.74, 6) is -0.907. The summed E-state index contributed by atoms with van der Waals surface area (Å²) in [5.41, 5.74) is -0.253. The number of hydrogen-bond acceptors (Lipinski definition) is 2. The van der Waals surface area contributed by atoms with E-state index in [4.69, 9.17) is 5.26 Å². The highest BCUT2D eigenvalue weighted by atomic mass is 19.1. The maximum absolute atomic E-state index is 13.5. The molecule has 0 aliphatic heterocycles. The van der Waals surface area contributed by atoms with Crippen molar-refractivity contribution in [1.82, 2.24) is 5.32 Å². The first-order chi connectivity index (χ1) is 7.85. The van der Waals surface area contributed by atoms with E-state index in [9.17, 15) is 8.78 Å². The van der Waals surface area contributed by atoms with Crippen LogP contribution in [0.25, 0.3) is 0 Å². The molecule has 0 spiro atoms. The minimum atomic E-state index is -0.530. The van der Waals surface area contributed by atoms with E-state index in [1.54, 1.807) is 20.8 Å². The lowest BCUT2D eigenvalue weighted by Gasteiger charge is -2.21. The zero-order valence-corrected chi connectivity index (χ0v) is 10.2. The van der Waals surface area contributed by atoms with Gasteiger partial charge in [-0.1, -0.05) is 0 Å². The number of rotatable bonds is 4. The lowest BCUT2D eigenvalue weighted by molar-refractivity contribution is 0.408. The van der Waals surface area contributed by atoms with Gasteiger partial charge in [0.1, 0.15) is 11.6 Å². The van der Waals surface area contributed by atoms with E-state index in [-0.39, 0.29) is 11.6 Å². The maximum atomic E-state index is 13.5. The molecule has 1 atom stereocenters. The molecule has 0 saturated heterocycles. The first kappa shape index (κ1) is 13.6. The molecule has 1 N–H and O–H groups in total. The Balaban J connectivity index is 2.74. The molecule has 0 radical (unpaired) electrons. The van der Waals surface area contributed by atoms with E-state index in [1.165, 1.54) is 6.07 Å². The third-order valence-electron chi connectivity index (χ3n) is 2.58. The van der Waals surface area contributed by atoms with Crippen molar-refractivity contribution in [3.8, 4) is 6.07 Å². The molecule has 4 heteroatoms. The summed E-state index contributed by atoms with van der Waals surface area (Å²) in [6.07, 6.45) is 0. The Morgan fingerprint density at radius 3 is 2.65 bits per heavy atom. The number of nitrogens with one attached hydrogen (secondary N) is 1. The van der Waals surface area contributed by atoms with Gasteiger partial charge in [0.2, 0.25) is 0 Å². The Morgan fingerprint density at radius 2 is 2.06 bits per heavy atom. The lowest BCUT2D eigenvalue weighted by atomic mass is 9.95. The normalized spacial score (nSPS) is 13.2. The van der Waals surface area contributed by atoms with E-state index in [0.717, 1.165) is 12.1 Å². The van der Waals surface area contributed by atoms with Gasteiger partial charge >= 0.3 is 0 Å². The van der Waals surface area contributed by atoms with Gasteiger partial charge < -0.3 is 5.32 Å². The van der Waals surface area contributed by atoms with Gasteiger partial charge in [0.25, 0.3) is 0 Å². The minimum Gasteiger partial charge on any atom is -0.309 e. The van der Waals surface area contributed by atoms with Crippen LogP contribution in [0.3, 0.4) is 0 Å². The van der Waals surface area contributed by atoms with E-state index in [0.29, 0.717) is 6.54 Å². The van der Waals surface area contributed by atoms with Crippen molar-refractivity contribution >= 4 is 0 Å². The van der Waals surface area contributed by atoms with Gasteiger partial charge in [-0.15, -0.1) is 0 Å².